The lowest BCUT2D eigenvalue weighted by Gasteiger charge is -2.41. The molecule has 1 aromatic rings. The van der Waals surface area contributed by atoms with Crippen LogP contribution in [0.25, 0.3) is 0 Å². The molecule has 2 heteroatoms. The van der Waals surface area contributed by atoms with Crippen LogP contribution in [0.3, 0.4) is 0 Å². The highest BCUT2D eigenvalue weighted by Crippen LogP contribution is 2.47. The molecule has 2 aliphatic carbocycles. The third-order valence-electron chi connectivity index (χ3n) is 4.73. The maximum absolute atomic E-state index is 12.0. The van der Waals surface area contributed by atoms with E-state index in [1.807, 2.05) is 0 Å². The van der Waals surface area contributed by atoms with E-state index in [1.54, 1.807) is 0 Å². The summed E-state index contributed by atoms with van der Waals surface area (Å²) in [6.45, 7) is 0. The van der Waals surface area contributed by atoms with E-state index in [-0.39, 0.29) is 11.9 Å². The molecule has 1 aromatic carbocycles. The Kier molecular flexibility index (Phi) is 3.11. The summed E-state index contributed by atoms with van der Waals surface area (Å²) in [5.74, 6) is 1.14. The fourth-order valence-electron chi connectivity index (χ4n) is 3.91. The van der Waals surface area contributed by atoms with Gasteiger partial charge < -0.3 is 4.74 Å². The van der Waals surface area contributed by atoms with Crippen LogP contribution in [0.1, 0.15) is 42.7 Å². The number of esters is 1. The summed E-state index contributed by atoms with van der Waals surface area (Å²) < 4.78 is 5.01. The van der Waals surface area contributed by atoms with Crippen molar-refractivity contribution in [1.29, 1.82) is 0 Å². The van der Waals surface area contributed by atoms with Crippen molar-refractivity contribution in [3.63, 3.8) is 0 Å². The van der Waals surface area contributed by atoms with Crippen molar-refractivity contribution >= 4 is 5.97 Å². The van der Waals surface area contributed by atoms with Crippen molar-refractivity contribution in [2.45, 2.75) is 38.0 Å². The lowest BCUT2D eigenvalue weighted by atomic mass is 9.63. The minimum atomic E-state index is -0.0126. The van der Waals surface area contributed by atoms with Crippen molar-refractivity contribution in [2.24, 2.45) is 11.8 Å². The van der Waals surface area contributed by atoms with Crippen LogP contribution in [-0.2, 0) is 16.0 Å². The van der Waals surface area contributed by atoms with Crippen LogP contribution in [0.5, 0.6) is 0 Å². The molecular formula is C16H20O2. The molecule has 0 bridgehead atoms. The molecular weight excluding hydrogens is 224 g/mol. The molecule has 1 saturated carbocycles. The number of carbonyl (C=O) groups is 1. The number of ether oxygens (including phenoxy) is 1. The van der Waals surface area contributed by atoms with E-state index in [1.165, 1.54) is 43.9 Å². The molecule has 1 fully saturated rings. The molecule has 0 spiro atoms. The zero-order valence-corrected chi connectivity index (χ0v) is 10.9. The number of hydrogen-bond donors (Lipinski definition) is 0. The van der Waals surface area contributed by atoms with Crippen molar-refractivity contribution in [1.82, 2.24) is 0 Å². The monoisotopic (exact) mass is 244 g/mol. The van der Waals surface area contributed by atoms with Crippen LogP contribution in [0.2, 0.25) is 0 Å². The first-order chi connectivity index (χ1) is 8.81. The molecule has 0 saturated heterocycles. The number of hydrogen-bond acceptors (Lipinski definition) is 2. The van der Waals surface area contributed by atoms with Crippen molar-refractivity contribution in [2.75, 3.05) is 7.11 Å². The Morgan fingerprint density at radius 3 is 2.83 bits per heavy atom. The highest BCUT2D eigenvalue weighted by atomic mass is 16.5. The number of benzene rings is 1. The van der Waals surface area contributed by atoms with E-state index in [2.05, 4.69) is 24.3 Å². The number of rotatable bonds is 1. The second-order valence-electron chi connectivity index (χ2n) is 5.59. The molecule has 0 amide bonds. The van der Waals surface area contributed by atoms with E-state index in [4.69, 9.17) is 4.74 Å². The van der Waals surface area contributed by atoms with Gasteiger partial charge in [-0.25, -0.2) is 0 Å². The zero-order valence-electron chi connectivity index (χ0n) is 10.9. The fourth-order valence-corrected chi connectivity index (χ4v) is 3.91. The molecule has 3 atom stereocenters. The standard InChI is InChI=1S/C16H20O2/c1-18-16(17)15-10-11-6-2-3-7-12(11)13-8-4-5-9-14(13)15/h2-3,6-7,13-15H,4-5,8-10H2,1H3/t13-,14+,15+/m0/s1. The fraction of sp³-hybridized carbons (Fsp3) is 0.562. The summed E-state index contributed by atoms with van der Waals surface area (Å²) in [4.78, 5) is 12.0. The summed E-state index contributed by atoms with van der Waals surface area (Å²) in [6.07, 6.45) is 5.83. The predicted molar refractivity (Wildman–Crippen MR) is 70.4 cm³/mol. The van der Waals surface area contributed by atoms with Crippen molar-refractivity contribution in [3.05, 3.63) is 35.4 Å². The summed E-state index contributed by atoms with van der Waals surface area (Å²) >= 11 is 0. The highest BCUT2D eigenvalue weighted by molar-refractivity contribution is 5.74. The number of methoxy groups -OCH3 is 1. The van der Waals surface area contributed by atoms with E-state index in [0.717, 1.165) is 6.42 Å². The summed E-state index contributed by atoms with van der Waals surface area (Å²) in [6, 6.07) is 8.64. The second-order valence-corrected chi connectivity index (χ2v) is 5.59. The normalized spacial score (nSPS) is 30.2. The summed E-state index contributed by atoms with van der Waals surface area (Å²) in [5, 5.41) is 0. The lowest BCUT2D eigenvalue weighted by molar-refractivity contribution is -0.148. The smallest absolute Gasteiger partial charge is 0.309 e. The SMILES string of the molecule is COC(=O)[C@@H]1Cc2ccccc2[C@@H]2CCCC[C@@H]12. The quantitative estimate of drug-likeness (QED) is 0.708. The predicted octanol–water partition coefficient (Wildman–Crippen LogP) is 3.31. The van der Waals surface area contributed by atoms with Crippen LogP contribution < -0.4 is 0 Å². The topological polar surface area (TPSA) is 26.3 Å². The van der Waals surface area contributed by atoms with E-state index in [9.17, 15) is 4.79 Å². The first-order valence-corrected chi connectivity index (χ1v) is 6.97. The van der Waals surface area contributed by atoms with Crippen LogP contribution in [0, 0.1) is 11.8 Å². The third-order valence-corrected chi connectivity index (χ3v) is 4.73. The van der Waals surface area contributed by atoms with Gasteiger partial charge in [0, 0.05) is 0 Å². The van der Waals surface area contributed by atoms with Gasteiger partial charge in [0.1, 0.15) is 0 Å². The van der Waals surface area contributed by atoms with Crippen LogP contribution in [0.4, 0.5) is 0 Å². The van der Waals surface area contributed by atoms with Gasteiger partial charge in [-0.05, 0) is 42.2 Å². The number of carbonyl (C=O) groups excluding carboxylic acids is 1. The van der Waals surface area contributed by atoms with Crippen LogP contribution >= 0.6 is 0 Å². The Hall–Kier alpha value is -1.31. The van der Waals surface area contributed by atoms with Gasteiger partial charge in [0.15, 0.2) is 0 Å². The minimum Gasteiger partial charge on any atom is -0.469 e. The highest BCUT2D eigenvalue weighted by Gasteiger charge is 2.41. The molecule has 96 valence electrons. The Balaban J connectivity index is 1.99. The molecule has 2 nitrogen and oxygen atoms in total. The molecule has 0 N–H and O–H groups in total. The Morgan fingerprint density at radius 2 is 2.00 bits per heavy atom. The van der Waals surface area contributed by atoms with Gasteiger partial charge in [-0.3, -0.25) is 4.79 Å². The maximum atomic E-state index is 12.0. The van der Waals surface area contributed by atoms with E-state index < -0.39 is 0 Å². The van der Waals surface area contributed by atoms with Gasteiger partial charge in [0.2, 0.25) is 0 Å². The average molecular weight is 244 g/mol. The molecule has 0 radical (unpaired) electrons. The molecule has 2 aliphatic rings. The van der Waals surface area contributed by atoms with Crippen molar-refractivity contribution in [3.8, 4) is 0 Å². The van der Waals surface area contributed by atoms with Crippen LogP contribution in [-0.4, -0.2) is 13.1 Å². The van der Waals surface area contributed by atoms with Gasteiger partial charge >= 0.3 is 5.97 Å². The van der Waals surface area contributed by atoms with Gasteiger partial charge in [0.25, 0.3) is 0 Å². The Bertz CT molecular complexity index is 452. The zero-order chi connectivity index (χ0) is 12.5. The van der Waals surface area contributed by atoms with Crippen molar-refractivity contribution < 1.29 is 9.53 Å². The van der Waals surface area contributed by atoms with Gasteiger partial charge in [0.05, 0.1) is 13.0 Å². The Morgan fingerprint density at radius 1 is 1.22 bits per heavy atom. The third kappa shape index (κ3) is 1.84. The first kappa shape index (κ1) is 11.8. The molecule has 0 heterocycles. The molecule has 3 rings (SSSR count). The number of fused-ring (bicyclic) bond motifs is 3. The Labute approximate surface area is 108 Å². The lowest BCUT2D eigenvalue weighted by Crippen LogP contribution is -2.37. The molecule has 18 heavy (non-hydrogen) atoms. The van der Waals surface area contributed by atoms with Gasteiger partial charge in [-0.15, -0.1) is 0 Å². The summed E-state index contributed by atoms with van der Waals surface area (Å²) in [7, 11) is 1.51. The average Bonchev–Trinajstić information content (AvgIpc) is 2.45. The van der Waals surface area contributed by atoms with Gasteiger partial charge in [-0.2, -0.15) is 0 Å². The largest absolute Gasteiger partial charge is 0.469 e. The van der Waals surface area contributed by atoms with Crippen LogP contribution in [0.15, 0.2) is 24.3 Å². The minimum absolute atomic E-state index is 0.0126. The maximum Gasteiger partial charge on any atom is 0.309 e. The second kappa shape index (κ2) is 4.75. The first-order valence-electron chi connectivity index (χ1n) is 6.97. The van der Waals surface area contributed by atoms with E-state index in [0.29, 0.717) is 11.8 Å². The molecule has 0 aliphatic heterocycles. The molecule has 0 aromatic heterocycles. The van der Waals surface area contributed by atoms with E-state index >= 15 is 0 Å². The summed E-state index contributed by atoms with van der Waals surface area (Å²) in [5.41, 5.74) is 2.85. The molecule has 0 unspecified atom stereocenters. The van der Waals surface area contributed by atoms with Gasteiger partial charge in [-0.1, -0.05) is 37.1 Å².